The molecule has 1 unspecified atom stereocenters. The maximum atomic E-state index is 4.91. The molecular formula is C17H21BrN2. The summed E-state index contributed by atoms with van der Waals surface area (Å²) < 4.78 is 1.13. The van der Waals surface area contributed by atoms with E-state index in [0.717, 1.165) is 15.7 Å². The van der Waals surface area contributed by atoms with Crippen molar-refractivity contribution < 1.29 is 0 Å². The highest BCUT2D eigenvalue weighted by Crippen LogP contribution is 2.37. The van der Waals surface area contributed by atoms with Crippen LogP contribution >= 0.6 is 15.9 Å². The van der Waals surface area contributed by atoms with E-state index in [1.807, 2.05) is 0 Å². The van der Waals surface area contributed by atoms with Crippen LogP contribution < -0.4 is 5.32 Å². The van der Waals surface area contributed by atoms with Gasteiger partial charge in [0.05, 0.1) is 17.3 Å². The molecule has 0 radical (unpaired) electrons. The molecule has 0 bridgehead atoms. The molecule has 2 nitrogen and oxygen atoms in total. The highest BCUT2D eigenvalue weighted by molar-refractivity contribution is 9.10. The zero-order chi connectivity index (χ0) is 13.9. The minimum Gasteiger partial charge on any atom is -0.311 e. The molecular weight excluding hydrogens is 312 g/mol. The van der Waals surface area contributed by atoms with Crippen LogP contribution in [0.3, 0.4) is 0 Å². The number of nitrogens with one attached hydrogen (secondary N) is 1. The number of benzene rings is 1. The molecule has 0 saturated heterocycles. The molecule has 1 aromatic heterocycles. The van der Waals surface area contributed by atoms with Crippen LogP contribution in [-0.4, -0.2) is 12.0 Å². The summed E-state index contributed by atoms with van der Waals surface area (Å²) in [6, 6.07) is 10.9. The van der Waals surface area contributed by atoms with Crippen molar-refractivity contribution in [2.75, 3.05) is 7.05 Å². The summed E-state index contributed by atoms with van der Waals surface area (Å²) in [5, 5.41) is 4.70. The highest BCUT2D eigenvalue weighted by Gasteiger charge is 2.26. The molecule has 0 spiro atoms. The van der Waals surface area contributed by atoms with Crippen molar-refractivity contribution in [2.24, 2.45) is 5.92 Å². The van der Waals surface area contributed by atoms with Gasteiger partial charge in [-0.1, -0.05) is 37.5 Å². The number of para-hydroxylation sites is 1. The normalized spacial score (nSPS) is 18.3. The van der Waals surface area contributed by atoms with Gasteiger partial charge in [0.15, 0.2) is 0 Å². The average Bonchev–Trinajstić information content (AvgIpc) is 2.49. The van der Waals surface area contributed by atoms with Crippen LogP contribution in [-0.2, 0) is 0 Å². The maximum Gasteiger partial charge on any atom is 0.0725 e. The van der Waals surface area contributed by atoms with Gasteiger partial charge in [-0.3, -0.25) is 0 Å². The fourth-order valence-corrected chi connectivity index (χ4v) is 3.97. The van der Waals surface area contributed by atoms with Gasteiger partial charge in [-0.15, -0.1) is 0 Å². The van der Waals surface area contributed by atoms with E-state index >= 15 is 0 Å². The second-order valence-electron chi connectivity index (χ2n) is 5.71. The Hall–Kier alpha value is -0.930. The van der Waals surface area contributed by atoms with E-state index in [2.05, 4.69) is 58.6 Å². The van der Waals surface area contributed by atoms with E-state index < -0.39 is 0 Å². The zero-order valence-electron chi connectivity index (χ0n) is 11.9. The molecule has 1 aliphatic carbocycles. The second-order valence-corrected chi connectivity index (χ2v) is 6.57. The van der Waals surface area contributed by atoms with Crippen LogP contribution in [0.15, 0.2) is 34.8 Å². The Kier molecular flexibility index (Phi) is 4.37. The Morgan fingerprint density at radius 2 is 1.95 bits per heavy atom. The maximum absolute atomic E-state index is 4.91. The third-order valence-electron chi connectivity index (χ3n) is 4.43. The number of rotatable bonds is 3. The molecule has 1 fully saturated rings. The van der Waals surface area contributed by atoms with E-state index in [0.29, 0.717) is 12.0 Å². The molecule has 106 valence electrons. The largest absolute Gasteiger partial charge is 0.311 e. The number of fused-ring (bicyclic) bond motifs is 1. The van der Waals surface area contributed by atoms with Crippen LogP contribution in [0.25, 0.3) is 10.9 Å². The molecule has 3 rings (SSSR count). The van der Waals surface area contributed by atoms with Gasteiger partial charge in [0.1, 0.15) is 0 Å². The zero-order valence-corrected chi connectivity index (χ0v) is 13.5. The van der Waals surface area contributed by atoms with Crippen LogP contribution in [0.5, 0.6) is 0 Å². The lowest BCUT2D eigenvalue weighted by atomic mass is 9.82. The van der Waals surface area contributed by atoms with Gasteiger partial charge in [-0.05, 0) is 53.9 Å². The van der Waals surface area contributed by atoms with E-state index in [1.165, 1.54) is 37.5 Å². The SMILES string of the molecule is CNC(c1nc2ccccc2cc1Br)C1CCCCC1. The molecule has 20 heavy (non-hydrogen) atoms. The van der Waals surface area contributed by atoms with Crippen LogP contribution in [0.2, 0.25) is 0 Å². The fourth-order valence-electron chi connectivity index (χ4n) is 3.39. The Labute approximate surface area is 129 Å². The molecule has 1 aliphatic rings. The Bertz CT molecular complexity index is 591. The first kappa shape index (κ1) is 14.0. The molecule has 1 aromatic carbocycles. The van der Waals surface area contributed by atoms with Crippen molar-refractivity contribution >= 4 is 26.8 Å². The highest BCUT2D eigenvalue weighted by atomic mass is 79.9. The van der Waals surface area contributed by atoms with Crippen molar-refractivity contribution in [1.82, 2.24) is 10.3 Å². The van der Waals surface area contributed by atoms with E-state index in [1.54, 1.807) is 0 Å². The average molecular weight is 333 g/mol. The minimum absolute atomic E-state index is 0.356. The molecule has 1 N–H and O–H groups in total. The summed E-state index contributed by atoms with van der Waals surface area (Å²) in [6.07, 6.45) is 6.72. The lowest BCUT2D eigenvalue weighted by Crippen LogP contribution is -2.28. The third-order valence-corrected chi connectivity index (χ3v) is 5.07. The summed E-state index contributed by atoms with van der Waals surface area (Å²) in [7, 11) is 2.06. The molecule has 0 aliphatic heterocycles. The quantitative estimate of drug-likeness (QED) is 0.869. The lowest BCUT2D eigenvalue weighted by Gasteiger charge is -2.30. The predicted molar refractivity (Wildman–Crippen MR) is 87.8 cm³/mol. The van der Waals surface area contributed by atoms with Crippen molar-refractivity contribution in [2.45, 2.75) is 38.1 Å². The van der Waals surface area contributed by atoms with Gasteiger partial charge >= 0.3 is 0 Å². The van der Waals surface area contributed by atoms with E-state index in [-0.39, 0.29) is 0 Å². The monoisotopic (exact) mass is 332 g/mol. The summed E-state index contributed by atoms with van der Waals surface area (Å²) >= 11 is 3.72. The van der Waals surface area contributed by atoms with Gasteiger partial charge in [0, 0.05) is 9.86 Å². The van der Waals surface area contributed by atoms with Crippen LogP contribution in [0.1, 0.15) is 43.8 Å². The number of hydrogen-bond acceptors (Lipinski definition) is 2. The first-order valence-corrected chi connectivity index (χ1v) is 8.31. The number of nitrogens with zero attached hydrogens (tertiary/aromatic N) is 1. The molecule has 0 amide bonds. The minimum atomic E-state index is 0.356. The first-order chi connectivity index (χ1) is 9.79. The summed E-state index contributed by atoms with van der Waals surface area (Å²) in [6.45, 7) is 0. The van der Waals surface area contributed by atoms with Gasteiger partial charge in [-0.2, -0.15) is 0 Å². The van der Waals surface area contributed by atoms with Gasteiger partial charge < -0.3 is 5.32 Å². The third kappa shape index (κ3) is 2.75. The van der Waals surface area contributed by atoms with E-state index in [4.69, 9.17) is 4.98 Å². The fraction of sp³-hybridized carbons (Fsp3) is 0.471. The number of aromatic nitrogens is 1. The first-order valence-electron chi connectivity index (χ1n) is 7.52. The standard InChI is InChI=1S/C17H21BrN2/c1-19-16(12-7-3-2-4-8-12)17-14(18)11-13-9-5-6-10-15(13)20-17/h5-6,9-12,16,19H,2-4,7-8H2,1H3. The Morgan fingerprint density at radius 1 is 1.20 bits per heavy atom. The summed E-state index contributed by atoms with van der Waals surface area (Å²) in [5.74, 6) is 0.707. The molecule has 2 aromatic rings. The summed E-state index contributed by atoms with van der Waals surface area (Å²) in [5.41, 5.74) is 2.25. The number of pyridine rings is 1. The number of hydrogen-bond donors (Lipinski definition) is 1. The van der Waals surface area contributed by atoms with Crippen LogP contribution in [0, 0.1) is 5.92 Å². The van der Waals surface area contributed by atoms with Crippen LogP contribution in [0.4, 0.5) is 0 Å². The topological polar surface area (TPSA) is 24.9 Å². The van der Waals surface area contributed by atoms with Crippen molar-refractivity contribution in [1.29, 1.82) is 0 Å². The van der Waals surface area contributed by atoms with Crippen molar-refractivity contribution in [3.05, 3.63) is 40.5 Å². The molecule has 1 saturated carbocycles. The van der Waals surface area contributed by atoms with Gasteiger partial charge in [0.25, 0.3) is 0 Å². The second kappa shape index (κ2) is 6.23. The summed E-state index contributed by atoms with van der Waals surface area (Å²) in [4.78, 5) is 4.91. The molecule has 1 heterocycles. The molecule has 1 atom stereocenters. The van der Waals surface area contributed by atoms with Gasteiger partial charge in [-0.25, -0.2) is 4.98 Å². The lowest BCUT2D eigenvalue weighted by molar-refractivity contribution is 0.277. The van der Waals surface area contributed by atoms with Crippen molar-refractivity contribution in [3.8, 4) is 0 Å². The molecule has 3 heteroatoms. The van der Waals surface area contributed by atoms with Crippen molar-refractivity contribution in [3.63, 3.8) is 0 Å². The smallest absolute Gasteiger partial charge is 0.0725 e. The number of halogens is 1. The Balaban J connectivity index is 1.99. The Morgan fingerprint density at radius 3 is 2.70 bits per heavy atom. The predicted octanol–water partition coefficient (Wildman–Crippen LogP) is 4.84. The van der Waals surface area contributed by atoms with Gasteiger partial charge in [0.2, 0.25) is 0 Å². The van der Waals surface area contributed by atoms with E-state index in [9.17, 15) is 0 Å².